The van der Waals surface area contributed by atoms with Crippen LogP contribution in [-0.2, 0) is 4.79 Å². The first-order chi connectivity index (χ1) is 15.9. The molecule has 6 heteroatoms. The molecule has 0 aliphatic rings. The molecule has 0 unspecified atom stereocenters. The number of rotatable bonds is 6. The van der Waals surface area contributed by atoms with E-state index in [-0.39, 0.29) is 17.5 Å². The molecule has 0 saturated carbocycles. The maximum absolute atomic E-state index is 13.4. The Morgan fingerprint density at radius 1 is 1.06 bits per heavy atom. The smallest absolute Gasteiger partial charge is 0.248 e. The van der Waals surface area contributed by atoms with Gasteiger partial charge in [0, 0.05) is 33.8 Å². The Balaban J connectivity index is 1.77. The average molecular weight is 447 g/mol. The van der Waals surface area contributed by atoms with E-state index in [1.54, 1.807) is 18.4 Å². The highest BCUT2D eigenvalue weighted by atomic mass is 19.1. The van der Waals surface area contributed by atoms with Gasteiger partial charge in [0.25, 0.3) is 0 Å². The predicted molar refractivity (Wildman–Crippen MR) is 126 cm³/mol. The fraction of sp³-hybridized carbons (Fsp3) is 0.148. The number of carbonyl (C=O) groups excluding carboxylic acids is 1. The van der Waals surface area contributed by atoms with Crippen LogP contribution in [0.15, 0.2) is 71.4 Å². The topological polar surface area (TPSA) is 51.5 Å². The number of anilines is 1. The number of furan rings is 1. The molecule has 168 valence electrons. The third-order valence-electron chi connectivity index (χ3n) is 5.37. The molecule has 4 rings (SSSR count). The van der Waals surface area contributed by atoms with Crippen LogP contribution in [0.2, 0.25) is 0 Å². The summed E-state index contributed by atoms with van der Waals surface area (Å²) in [5, 5.41) is 3.57. The highest BCUT2D eigenvalue weighted by Gasteiger charge is 2.19. The first-order valence-corrected chi connectivity index (χ1v) is 10.6. The van der Waals surface area contributed by atoms with Crippen molar-refractivity contribution >= 4 is 28.1 Å². The summed E-state index contributed by atoms with van der Waals surface area (Å²) in [5.41, 5.74) is 5.06. The molecule has 0 radical (unpaired) electrons. The fourth-order valence-corrected chi connectivity index (χ4v) is 3.78. The van der Waals surface area contributed by atoms with Crippen molar-refractivity contribution in [2.45, 2.75) is 20.8 Å². The van der Waals surface area contributed by atoms with Crippen molar-refractivity contribution in [3.05, 3.63) is 89.7 Å². The Bertz CT molecular complexity index is 1340. The minimum atomic E-state index is -0.373. The summed E-state index contributed by atoms with van der Waals surface area (Å²) < 4.78 is 38.3. The van der Waals surface area contributed by atoms with Gasteiger partial charge in [-0.1, -0.05) is 12.1 Å². The van der Waals surface area contributed by atoms with Crippen molar-refractivity contribution in [3.8, 4) is 16.9 Å². The normalized spacial score (nSPS) is 11.6. The first kappa shape index (κ1) is 22.3. The maximum Gasteiger partial charge on any atom is 0.248 e. The molecule has 0 spiro atoms. The molecular weight excluding hydrogens is 424 g/mol. The molecule has 1 N–H and O–H groups in total. The van der Waals surface area contributed by atoms with Crippen LogP contribution in [0.1, 0.15) is 25.0 Å². The number of aryl methyl sites for hydroxylation is 1. The van der Waals surface area contributed by atoms with Crippen molar-refractivity contribution < 1.29 is 22.7 Å². The Hall–Kier alpha value is -3.93. The number of allylic oxidation sites excluding steroid dienone is 1. The molecule has 4 nitrogen and oxygen atoms in total. The van der Waals surface area contributed by atoms with E-state index >= 15 is 0 Å². The van der Waals surface area contributed by atoms with E-state index in [0.29, 0.717) is 29.2 Å². The van der Waals surface area contributed by atoms with Gasteiger partial charge in [0.05, 0.1) is 12.9 Å². The van der Waals surface area contributed by atoms with Gasteiger partial charge in [-0.3, -0.25) is 4.79 Å². The average Bonchev–Trinajstić information content (AvgIpc) is 3.22. The quantitative estimate of drug-likeness (QED) is 0.320. The zero-order chi connectivity index (χ0) is 23.5. The van der Waals surface area contributed by atoms with Crippen molar-refractivity contribution in [2.24, 2.45) is 0 Å². The SMILES string of the molecule is CCOc1c(/C(C)=C/C(=O)Nc2ccc(F)cc2)cc2c(-c3ccc(F)cc3)coc2c1C. The fourth-order valence-electron chi connectivity index (χ4n) is 3.78. The van der Waals surface area contributed by atoms with Crippen molar-refractivity contribution in [3.63, 3.8) is 0 Å². The number of hydrogen-bond acceptors (Lipinski definition) is 3. The lowest BCUT2D eigenvalue weighted by Gasteiger charge is -2.15. The van der Waals surface area contributed by atoms with Crippen LogP contribution in [-0.4, -0.2) is 12.5 Å². The minimum Gasteiger partial charge on any atom is -0.493 e. The molecule has 4 aromatic rings. The van der Waals surface area contributed by atoms with Gasteiger partial charge in [-0.25, -0.2) is 8.78 Å². The minimum absolute atomic E-state index is 0.312. The van der Waals surface area contributed by atoms with Gasteiger partial charge in [0.15, 0.2) is 0 Å². The molecule has 0 bridgehead atoms. The summed E-state index contributed by atoms with van der Waals surface area (Å²) in [6.07, 6.45) is 3.12. The van der Waals surface area contributed by atoms with Crippen molar-refractivity contribution in [2.75, 3.05) is 11.9 Å². The number of amides is 1. The molecule has 3 aromatic carbocycles. The maximum atomic E-state index is 13.4. The van der Waals surface area contributed by atoms with Crippen LogP contribution in [0, 0.1) is 18.6 Å². The summed E-state index contributed by atoms with van der Waals surface area (Å²) in [6.45, 7) is 6.06. The summed E-state index contributed by atoms with van der Waals surface area (Å²) in [7, 11) is 0. The van der Waals surface area contributed by atoms with Gasteiger partial charge in [-0.2, -0.15) is 0 Å². The Morgan fingerprint density at radius 2 is 1.70 bits per heavy atom. The highest BCUT2D eigenvalue weighted by Crippen LogP contribution is 2.40. The zero-order valence-corrected chi connectivity index (χ0v) is 18.5. The number of ether oxygens (including phenoxy) is 1. The molecule has 0 atom stereocenters. The van der Waals surface area contributed by atoms with Crippen LogP contribution in [0.5, 0.6) is 5.75 Å². The van der Waals surface area contributed by atoms with E-state index in [1.165, 1.54) is 42.5 Å². The van der Waals surface area contributed by atoms with E-state index in [0.717, 1.165) is 27.6 Å². The second-order valence-electron chi connectivity index (χ2n) is 7.67. The molecule has 0 aliphatic carbocycles. The van der Waals surface area contributed by atoms with Gasteiger partial charge >= 0.3 is 0 Å². The summed E-state index contributed by atoms with van der Waals surface area (Å²) in [4.78, 5) is 12.6. The van der Waals surface area contributed by atoms with Crippen molar-refractivity contribution in [1.29, 1.82) is 0 Å². The van der Waals surface area contributed by atoms with Crippen molar-refractivity contribution in [1.82, 2.24) is 0 Å². The van der Waals surface area contributed by atoms with E-state index < -0.39 is 0 Å². The van der Waals surface area contributed by atoms with Crippen LogP contribution < -0.4 is 10.1 Å². The number of halogens is 2. The van der Waals surface area contributed by atoms with Crippen LogP contribution in [0.3, 0.4) is 0 Å². The van der Waals surface area contributed by atoms with Gasteiger partial charge in [-0.05, 0) is 74.4 Å². The number of hydrogen-bond donors (Lipinski definition) is 1. The lowest BCUT2D eigenvalue weighted by molar-refractivity contribution is -0.111. The Labute approximate surface area is 190 Å². The lowest BCUT2D eigenvalue weighted by atomic mass is 9.96. The summed E-state index contributed by atoms with van der Waals surface area (Å²) in [6, 6.07) is 13.7. The van der Waals surface area contributed by atoms with E-state index in [9.17, 15) is 13.6 Å². The zero-order valence-electron chi connectivity index (χ0n) is 18.5. The van der Waals surface area contributed by atoms with E-state index in [4.69, 9.17) is 9.15 Å². The summed E-state index contributed by atoms with van der Waals surface area (Å²) >= 11 is 0. The highest BCUT2D eigenvalue weighted by molar-refractivity contribution is 6.06. The summed E-state index contributed by atoms with van der Waals surface area (Å²) in [5.74, 6) is -0.395. The molecule has 0 fully saturated rings. The lowest BCUT2D eigenvalue weighted by Crippen LogP contribution is -2.09. The molecule has 33 heavy (non-hydrogen) atoms. The number of fused-ring (bicyclic) bond motifs is 1. The second-order valence-corrected chi connectivity index (χ2v) is 7.67. The number of nitrogens with one attached hydrogen (secondary N) is 1. The van der Waals surface area contributed by atoms with Crippen LogP contribution in [0.25, 0.3) is 27.7 Å². The molecular formula is C27H23F2NO3. The molecule has 1 aromatic heterocycles. The Kier molecular flexibility index (Phi) is 6.27. The predicted octanol–water partition coefficient (Wildman–Crippen LogP) is 7.13. The molecule has 0 aliphatic heterocycles. The van der Waals surface area contributed by atoms with Crippen LogP contribution >= 0.6 is 0 Å². The second kappa shape index (κ2) is 9.28. The monoisotopic (exact) mass is 447 g/mol. The number of benzene rings is 3. The first-order valence-electron chi connectivity index (χ1n) is 10.6. The van der Waals surface area contributed by atoms with Gasteiger partial charge < -0.3 is 14.5 Å². The Morgan fingerprint density at radius 3 is 2.33 bits per heavy atom. The van der Waals surface area contributed by atoms with Gasteiger partial charge in [-0.15, -0.1) is 0 Å². The third-order valence-corrected chi connectivity index (χ3v) is 5.37. The van der Waals surface area contributed by atoms with Gasteiger partial charge in [0.1, 0.15) is 23.0 Å². The van der Waals surface area contributed by atoms with Crippen LogP contribution in [0.4, 0.5) is 14.5 Å². The van der Waals surface area contributed by atoms with E-state index in [1.807, 2.05) is 26.8 Å². The molecule has 0 saturated heterocycles. The third kappa shape index (κ3) is 4.65. The standard InChI is InChI=1S/C27H23F2NO3/c1-4-32-26-17(3)27-23(24(15-33-27)18-5-7-19(28)8-6-18)14-22(26)16(2)13-25(31)30-21-11-9-20(29)10-12-21/h5-15H,4H2,1-3H3,(H,30,31)/b16-13+. The largest absolute Gasteiger partial charge is 0.493 e. The van der Waals surface area contributed by atoms with E-state index in [2.05, 4.69) is 5.32 Å². The molecule has 1 amide bonds. The number of carbonyl (C=O) groups is 1. The molecule has 1 heterocycles. The van der Waals surface area contributed by atoms with Gasteiger partial charge in [0.2, 0.25) is 5.91 Å².